The fourth-order valence-electron chi connectivity index (χ4n) is 1.27. The molecule has 1 aromatic heterocycles. The van der Waals surface area contributed by atoms with Gasteiger partial charge in [0.2, 0.25) is 5.91 Å². The molecule has 1 aromatic rings. The van der Waals surface area contributed by atoms with E-state index in [9.17, 15) is 13.2 Å². The third-order valence-corrected chi connectivity index (χ3v) is 3.75. The Balaban J connectivity index is 2.57. The first-order valence-electron chi connectivity index (χ1n) is 5.53. The van der Waals surface area contributed by atoms with Gasteiger partial charge in [-0.15, -0.1) is 11.3 Å². The number of carbonyl (C=O) groups is 1. The van der Waals surface area contributed by atoms with Crippen molar-refractivity contribution in [3.63, 3.8) is 0 Å². The van der Waals surface area contributed by atoms with Crippen LogP contribution in [-0.2, 0) is 21.2 Å². The summed E-state index contributed by atoms with van der Waals surface area (Å²) in [6.07, 6.45) is 1.42. The van der Waals surface area contributed by atoms with Crippen LogP contribution in [0.3, 0.4) is 0 Å². The number of hydrogen-bond acceptors (Lipinski definition) is 5. The lowest BCUT2D eigenvalue weighted by Crippen LogP contribution is -2.29. The van der Waals surface area contributed by atoms with Crippen molar-refractivity contribution in [2.45, 2.75) is 13.0 Å². The second-order valence-electron chi connectivity index (χ2n) is 3.88. The predicted octanol–water partition coefficient (Wildman–Crippen LogP) is 0.143. The summed E-state index contributed by atoms with van der Waals surface area (Å²) in [6, 6.07) is 1.83. The van der Waals surface area contributed by atoms with Crippen LogP contribution in [0.5, 0.6) is 0 Å². The number of aliphatic hydroxyl groups is 1. The third-order valence-electron chi connectivity index (χ3n) is 2.04. The summed E-state index contributed by atoms with van der Waals surface area (Å²) in [5, 5.41) is 13.0. The summed E-state index contributed by atoms with van der Waals surface area (Å²) in [5.41, 5.74) is 0.790. The molecule has 0 aliphatic rings. The average Bonchev–Trinajstić information content (AvgIpc) is 2.72. The first-order chi connectivity index (χ1) is 8.92. The second-order valence-corrected chi connectivity index (χ2v) is 7.02. The van der Waals surface area contributed by atoms with Crippen LogP contribution >= 0.6 is 11.3 Å². The molecule has 2 N–H and O–H groups in total. The van der Waals surface area contributed by atoms with Gasteiger partial charge in [-0.05, 0) is 11.4 Å². The quantitative estimate of drug-likeness (QED) is 0.758. The van der Waals surface area contributed by atoms with E-state index in [4.69, 9.17) is 5.11 Å². The number of sulfone groups is 1. The van der Waals surface area contributed by atoms with Gasteiger partial charge in [-0.2, -0.15) is 0 Å². The smallest absolute Gasteiger partial charge is 0.235 e. The SMILES string of the molecule is CS(=O)(=O)CC(=O)NCc1sccc1C#CCCO. The monoisotopic (exact) mass is 301 g/mol. The number of thiophene rings is 1. The molecule has 0 fully saturated rings. The summed E-state index contributed by atoms with van der Waals surface area (Å²) >= 11 is 1.44. The van der Waals surface area contributed by atoms with E-state index >= 15 is 0 Å². The Kier molecular flexibility index (Phi) is 6.02. The van der Waals surface area contributed by atoms with Crippen LogP contribution in [0.15, 0.2) is 11.4 Å². The van der Waals surface area contributed by atoms with Gasteiger partial charge in [-0.1, -0.05) is 11.8 Å². The molecule has 1 amide bonds. The van der Waals surface area contributed by atoms with Crippen LogP contribution in [0.2, 0.25) is 0 Å². The van der Waals surface area contributed by atoms with E-state index < -0.39 is 21.5 Å². The maximum atomic E-state index is 11.4. The highest BCUT2D eigenvalue weighted by atomic mass is 32.2. The molecule has 5 nitrogen and oxygen atoms in total. The molecule has 0 bridgehead atoms. The number of nitrogens with one attached hydrogen (secondary N) is 1. The maximum Gasteiger partial charge on any atom is 0.235 e. The van der Waals surface area contributed by atoms with E-state index in [-0.39, 0.29) is 13.2 Å². The van der Waals surface area contributed by atoms with Crippen molar-refractivity contribution in [2.24, 2.45) is 0 Å². The lowest BCUT2D eigenvalue weighted by atomic mass is 10.2. The lowest BCUT2D eigenvalue weighted by molar-refractivity contribution is -0.118. The van der Waals surface area contributed by atoms with Crippen molar-refractivity contribution in [1.82, 2.24) is 5.32 Å². The molecular weight excluding hydrogens is 286 g/mol. The topological polar surface area (TPSA) is 83.5 Å². The van der Waals surface area contributed by atoms with Gasteiger partial charge in [0.25, 0.3) is 0 Å². The van der Waals surface area contributed by atoms with Crippen molar-refractivity contribution in [3.8, 4) is 11.8 Å². The molecule has 7 heteroatoms. The van der Waals surface area contributed by atoms with Gasteiger partial charge < -0.3 is 10.4 Å². The predicted molar refractivity (Wildman–Crippen MR) is 74.5 cm³/mol. The second kappa shape index (κ2) is 7.28. The Labute approximate surface area is 116 Å². The van der Waals surface area contributed by atoms with Crippen molar-refractivity contribution < 1.29 is 18.3 Å². The number of carbonyl (C=O) groups excluding carboxylic acids is 1. The Morgan fingerprint density at radius 2 is 2.26 bits per heavy atom. The van der Waals surface area contributed by atoms with Crippen molar-refractivity contribution in [3.05, 3.63) is 21.9 Å². The highest BCUT2D eigenvalue weighted by molar-refractivity contribution is 7.91. The molecule has 1 heterocycles. The van der Waals surface area contributed by atoms with E-state index in [1.165, 1.54) is 11.3 Å². The van der Waals surface area contributed by atoms with Gasteiger partial charge in [-0.3, -0.25) is 4.79 Å². The first-order valence-corrected chi connectivity index (χ1v) is 8.47. The standard InChI is InChI=1S/C12H15NO4S2/c1-19(16,17)9-12(15)13-8-11-10(5-7-18-11)4-2-3-6-14/h5,7,14H,3,6,8-9H2,1H3,(H,13,15). The Morgan fingerprint density at radius 3 is 2.89 bits per heavy atom. The van der Waals surface area contributed by atoms with Crippen molar-refractivity contribution in [1.29, 1.82) is 0 Å². The fourth-order valence-corrected chi connectivity index (χ4v) is 2.62. The molecule has 0 aromatic carbocycles. The van der Waals surface area contributed by atoms with Crippen LogP contribution in [0.4, 0.5) is 0 Å². The summed E-state index contributed by atoms with van der Waals surface area (Å²) in [4.78, 5) is 12.2. The van der Waals surface area contributed by atoms with Gasteiger partial charge in [0.1, 0.15) is 5.75 Å². The molecule has 0 atom stereocenters. The lowest BCUT2D eigenvalue weighted by Gasteiger charge is -2.03. The number of hydrogen-bond donors (Lipinski definition) is 2. The van der Waals surface area contributed by atoms with Crippen LogP contribution in [-0.4, -0.2) is 38.0 Å². The third kappa shape index (κ3) is 6.38. The molecule has 0 unspecified atom stereocenters. The molecule has 19 heavy (non-hydrogen) atoms. The molecule has 0 saturated heterocycles. The molecule has 0 saturated carbocycles. The summed E-state index contributed by atoms with van der Waals surface area (Å²) < 4.78 is 21.9. The molecule has 0 aliphatic heterocycles. The number of aliphatic hydroxyl groups excluding tert-OH is 1. The van der Waals surface area contributed by atoms with E-state index in [0.29, 0.717) is 6.42 Å². The van der Waals surface area contributed by atoms with Crippen molar-refractivity contribution in [2.75, 3.05) is 18.6 Å². The minimum atomic E-state index is -3.31. The van der Waals surface area contributed by atoms with Gasteiger partial charge in [0.15, 0.2) is 9.84 Å². The van der Waals surface area contributed by atoms with E-state index in [2.05, 4.69) is 17.2 Å². The normalized spacial score (nSPS) is 10.6. The molecule has 104 valence electrons. The molecule has 1 rings (SSSR count). The van der Waals surface area contributed by atoms with Crippen LogP contribution in [0.1, 0.15) is 16.9 Å². The summed E-state index contributed by atoms with van der Waals surface area (Å²) in [6.45, 7) is 0.271. The van der Waals surface area contributed by atoms with Crippen LogP contribution in [0.25, 0.3) is 0 Å². The zero-order valence-electron chi connectivity index (χ0n) is 10.5. The van der Waals surface area contributed by atoms with Gasteiger partial charge >= 0.3 is 0 Å². The highest BCUT2D eigenvalue weighted by Gasteiger charge is 2.11. The Bertz CT molecular complexity index is 593. The Morgan fingerprint density at radius 1 is 1.53 bits per heavy atom. The minimum Gasteiger partial charge on any atom is -0.395 e. The molecular formula is C12H15NO4S2. The molecule has 0 aliphatic carbocycles. The van der Waals surface area contributed by atoms with Gasteiger partial charge in [-0.25, -0.2) is 8.42 Å². The maximum absolute atomic E-state index is 11.4. The zero-order valence-corrected chi connectivity index (χ0v) is 12.1. The van der Waals surface area contributed by atoms with Gasteiger partial charge in [0, 0.05) is 23.1 Å². The van der Waals surface area contributed by atoms with E-state index in [1.54, 1.807) is 0 Å². The Hall–Kier alpha value is -1.36. The van der Waals surface area contributed by atoms with Crippen molar-refractivity contribution >= 4 is 27.1 Å². The number of rotatable bonds is 5. The minimum absolute atomic E-state index is 0.0115. The first kappa shape index (κ1) is 15.7. The fraction of sp³-hybridized carbons (Fsp3) is 0.417. The summed E-state index contributed by atoms with van der Waals surface area (Å²) in [7, 11) is -3.31. The van der Waals surface area contributed by atoms with E-state index in [1.807, 2.05) is 11.4 Å². The average molecular weight is 301 g/mol. The molecule has 0 spiro atoms. The van der Waals surface area contributed by atoms with Crippen LogP contribution in [0, 0.1) is 11.8 Å². The van der Waals surface area contributed by atoms with Gasteiger partial charge in [0.05, 0.1) is 13.2 Å². The van der Waals surface area contributed by atoms with E-state index in [0.717, 1.165) is 16.7 Å². The summed E-state index contributed by atoms with van der Waals surface area (Å²) in [5.74, 6) is 4.67. The highest BCUT2D eigenvalue weighted by Crippen LogP contribution is 2.15. The molecule has 0 radical (unpaired) electrons. The zero-order chi connectivity index (χ0) is 14.3. The number of amides is 1. The van der Waals surface area contributed by atoms with Crippen LogP contribution < -0.4 is 5.32 Å². The largest absolute Gasteiger partial charge is 0.395 e.